The molecule has 0 radical (unpaired) electrons. The van der Waals surface area contributed by atoms with Crippen LogP contribution in [-0.2, 0) is 20.6 Å². The molecule has 42 heavy (non-hydrogen) atoms. The van der Waals surface area contributed by atoms with Gasteiger partial charge >= 0.3 is 0 Å². The fourth-order valence-electron chi connectivity index (χ4n) is 5.02. The minimum Gasteiger partial charge on any atom is -0.508 e. The van der Waals surface area contributed by atoms with E-state index in [0.29, 0.717) is 5.56 Å². The fourth-order valence-corrected chi connectivity index (χ4v) is 5.02. The highest BCUT2D eigenvalue weighted by Crippen LogP contribution is 2.44. The average Bonchev–Trinajstić information content (AvgIpc) is 3.19. The third-order valence-electron chi connectivity index (χ3n) is 7.44. The second-order valence-electron chi connectivity index (χ2n) is 10.5. The lowest BCUT2D eigenvalue weighted by atomic mass is 9.97. The topological polar surface area (TPSA) is 245 Å². The lowest BCUT2D eigenvalue weighted by Crippen LogP contribution is -2.61. The molecule has 2 fully saturated rings. The molecule has 0 amide bonds. The lowest BCUT2D eigenvalue weighted by molar-refractivity contribution is -0.318. The van der Waals surface area contributed by atoms with E-state index in [1.54, 1.807) is 0 Å². The van der Waals surface area contributed by atoms with Crippen LogP contribution in [0.25, 0.3) is 0 Å². The number of Topliss-reactive ketones (excluding diaryl/α,β-unsaturated/α-hetero) is 1. The third kappa shape index (κ3) is 5.63. The number of aliphatic hydroxyl groups is 7. The summed E-state index contributed by atoms with van der Waals surface area (Å²) < 4.78 is 27.6. The second kappa shape index (κ2) is 11.5. The highest BCUT2D eigenvalue weighted by Gasteiger charge is 2.51. The number of aliphatic hydroxyl groups excluding tert-OH is 6. The van der Waals surface area contributed by atoms with Crippen LogP contribution in [0, 0.1) is 0 Å². The summed E-state index contributed by atoms with van der Waals surface area (Å²) in [5.74, 6) is -4.41. The molecule has 0 aliphatic carbocycles. The molecule has 15 heteroatoms. The van der Waals surface area contributed by atoms with Crippen molar-refractivity contribution >= 4 is 5.78 Å². The van der Waals surface area contributed by atoms with Gasteiger partial charge in [0.1, 0.15) is 71.3 Å². The number of ketones is 1. The van der Waals surface area contributed by atoms with Gasteiger partial charge in [-0.2, -0.15) is 0 Å². The van der Waals surface area contributed by atoms with E-state index in [-0.39, 0.29) is 29.2 Å². The number of carbonyl (C=O) groups is 1. The van der Waals surface area contributed by atoms with Crippen LogP contribution in [0.4, 0.5) is 0 Å². The first kappa shape index (κ1) is 30.4. The molecule has 2 aromatic carbocycles. The molecule has 11 unspecified atom stereocenters. The lowest BCUT2D eigenvalue weighted by Gasteiger charge is -2.42. The molecule has 3 aliphatic rings. The Morgan fingerprint density at radius 3 is 2.14 bits per heavy atom. The van der Waals surface area contributed by atoms with Gasteiger partial charge in [0, 0.05) is 18.6 Å². The van der Waals surface area contributed by atoms with Crippen LogP contribution < -0.4 is 9.47 Å². The number of carbonyl (C=O) groups excluding carboxylic acids is 1. The zero-order chi connectivity index (χ0) is 30.5. The van der Waals surface area contributed by atoms with Crippen molar-refractivity contribution < 1.29 is 74.4 Å². The van der Waals surface area contributed by atoms with E-state index in [1.807, 2.05) is 0 Å². The maximum Gasteiger partial charge on any atom is 0.277 e. The molecule has 3 aliphatic heterocycles. The normalized spacial score (nSPS) is 38.1. The summed E-state index contributed by atoms with van der Waals surface area (Å²) in [5, 5.41) is 92.3. The first-order valence-electron chi connectivity index (χ1n) is 13.1. The molecule has 11 atom stereocenters. The van der Waals surface area contributed by atoms with E-state index >= 15 is 0 Å². The molecule has 0 spiro atoms. The molecular formula is C27H32O15. The Morgan fingerprint density at radius 1 is 0.810 bits per heavy atom. The molecule has 15 nitrogen and oxygen atoms in total. The number of phenols is 2. The number of phenolic OH excluding ortho intramolecular Hbond substituents is 2. The summed E-state index contributed by atoms with van der Waals surface area (Å²) in [6.07, 6.45) is -15.8. The van der Waals surface area contributed by atoms with Gasteiger partial charge in [0.15, 0.2) is 6.29 Å². The predicted molar refractivity (Wildman–Crippen MR) is 135 cm³/mol. The monoisotopic (exact) mass is 596 g/mol. The van der Waals surface area contributed by atoms with Crippen molar-refractivity contribution in [3.63, 3.8) is 0 Å². The van der Waals surface area contributed by atoms with E-state index in [0.717, 1.165) is 12.1 Å². The zero-order valence-corrected chi connectivity index (χ0v) is 22.1. The summed E-state index contributed by atoms with van der Waals surface area (Å²) in [4.78, 5) is 13.3. The maximum atomic E-state index is 13.3. The molecule has 5 rings (SSSR count). The molecule has 2 saturated heterocycles. The summed E-state index contributed by atoms with van der Waals surface area (Å²) >= 11 is 0. The van der Waals surface area contributed by atoms with Crippen LogP contribution in [0.1, 0.15) is 22.8 Å². The minimum atomic E-state index is -2.40. The van der Waals surface area contributed by atoms with Crippen molar-refractivity contribution in [3.8, 4) is 23.0 Å². The highest BCUT2D eigenvalue weighted by molar-refractivity contribution is 6.09. The van der Waals surface area contributed by atoms with Crippen LogP contribution >= 0.6 is 0 Å². The molecule has 2 aromatic rings. The van der Waals surface area contributed by atoms with E-state index < -0.39 is 85.3 Å². The van der Waals surface area contributed by atoms with Crippen molar-refractivity contribution in [3.05, 3.63) is 47.5 Å². The van der Waals surface area contributed by atoms with Crippen molar-refractivity contribution in [2.24, 2.45) is 0 Å². The van der Waals surface area contributed by atoms with Crippen molar-refractivity contribution in [1.29, 1.82) is 0 Å². The quantitative estimate of drug-likeness (QED) is 0.162. The van der Waals surface area contributed by atoms with Gasteiger partial charge in [-0.3, -0.25) is 4.79 Å². The Morgan fingerprint density at radius 2 is 1.45 bits per heavy atom. The van der Waals surface area contributed by atoms with Gasteiger partial charge in [0.25, 0.3) is 5.79 Å². The summed E-state index contributed by atoms with van der Waals surface area (Å²) in [5.41, 5.74) is 0.149. The average molecular weight is 597 g/mol. The largest absolute Gasteiger partial charge is 0.508 e. The number of aromatic hydroxyl groups is 2. The maximum absolute atomic E-state index is 13.3. The number of hydrogen-bond donors (Lipinski definition) is 9. The first-order valence-corrected chi connectivity index (χ1v) is 13.1. The second-order valence-corrected chi connectivity index (χ2v) is 10.5. The van der Waals surface area contributed by atoms with E-state index in [2.05, 4.69) is 0 Å². The number of fused-ring (bicyclic) bond motifs is 1. The number of benzene rings is 2. The molecule has 0 aromatic heterocycles. The Balaban J connectivity index is 1.32. The van der Waals surface area contributed by atoms with E-state index in [4.69, 9.17) is 23.7 Å². The van der Waals surface area contributed by atoms with Gasteiger partial charge < -0.3 is 69.6 Å². The molecule has 9 N–H and O–H groups in total. The summed E-state index contributed by atoms with van der Waals surface area (Å²) in [6, 6.07) is 7.75. The van der Waals surface area contributed by atoms with Crippen LogP contribution in [-0.4, -0.2) is 126 Å². The molecule has 0 saturated carbocycles. The third-order valence-corrected chi connectivity index (χ3v) is 7.44. The van der Waals surface area contributed by atoms with Crippen molar-refractivity contribution in [2.45, 2.75) is 80.5 Å². The van der Waals surface area contributed by atoms with Gasteiger partial charge in [0.2, 0.25) is 12.1 Å². The fraction of sp³-hybridized carbons (Fsp3) is 0.519. The number of rotatable bonds is 7. The summed E-state index contributed by atoms with van der Waals surface area (Å²) in [7, 11) is 0. The zero-order valence-electron chi connectivity index (χ0n) is 22.1. The standard InChI is InChI=1S/C27H32O15/c1-10-18(30)20(32)22(34)25(39-10)38-9-16-19(31)21(33)23(35)26(41-16)40-14-6-13(29)7-15-17(14)24(36)27(37,42-15)8-11-2-4-12(28)5-3-11/h2-7,10,16,18-23,25-26,28-35,37H,8-9H2,1H3. The van der Waals surface area contributed by atoms with Crippen LogP contribution in [0.15, 0.2) is 36.4 Å². The van der Waals surface area contributed by atoms with Gasteiger partial charge in [0.05, 0.1) is 12.7 Å². The minimum absolute atomic E-state index is 0.0243. The van der Waals surface area contributed by atoms with Gasteiger partial charge in [-0.15, -0.1) is 0 Å². The smallest absolute Gasteiger partial charge is 0.277 e. The van der Waals surface area contributed by atoms with E-state index in [9.17, 15) is 50.8 Å². The SMILES string of the molecule is CC1OC(OCC2OC(Oc3cc(O)cc4c3C(=O)C(O)(Cc3ccc(O)cc3)O4)C(O)C(O)C2O)C(O)C(O)C1O. The highest BCUT2D eigenvalue weighted by atomic mass is 16.7. The molecule has 0 bridgehead atoms. The first-order chi connectivity index (χ1) is 19.8. The van der Waals surface area contributed by atoms with Gasteiger partial charge in [-0.1, -0.05) is 12.1 Å². The van der Waals surface area contributed by atoms with E-state index in [1.165, 1.54) is 31.2 Å². The number of ether oxygens (including phenoxy) is 5. The van der Waals surface area contributed by atoms with Crippen molar-refractivity contribution in [2.75, 3.05) is 6.61 Å². The Bertz CT molecular complexity index is 1290. The van der Waals surface area contributed by atoms with Gasteiger partial charge in [-0.25, -0.2) is 0 Å². The van der Waals surface area contributed by atoms with Crippen LogP contribution in [0.3, 0.4) is 0 Å². The van der Waals surface area contributed by atoms with Crippen LogP contribution in [0.2, 0.25) is 0 Å². The number of hydrogen-bond acceptors (Lipinski definition) is 15. The Hall–Kier alpha value is -3.09. The van der Waals surface area contributed by atoms with Crippen molar-refractivity contribution in [1.82, 2.24) is 0 Å². The summed E-state index contributed by atoms with van der Waals surface area (Å²) in [6.45, 7) is 0.894. The van der Waals surface area contributed by atoms with Crippen LogP contribution in [0.5, 0.6) is 23.0 Å². The van der Waals surface area contributed by atoms with Gasteiger partial charge in [-0.05, 0) is 24.6 Å². The molecule has 3 heterocycles. The Labute approximate surface area is 238 Å². The Kier molecular flexibility index (Phi) is 8.34. The predicted octanol–water partition coefficient (Wildman–Crippen LogP) is -2.37. The molecule has 230 valence electrons. The molecular weight excluding hydrogens is 564 g/mol.